The Morgan fingerprint density at radius 1 is 1.33 bits per heavy atom. The standard InChI is InChI=1S/C12H11ClF2N2O/c1-16-3-2-12-17-6-11(18-12)7-4-10(15)8(13)5-9(7)14/h4-6,16H,2-3H2,1H3. The highest BCUT2D eigenvalue weighted by molar-refractivity contribution is 6.30. The van der Waals surface area contributed by atoms with E-state index in [2.05, 4.69) is 10.3 Å². The van der Waals surface area contributed by atoms with Crippen molar-refractivity contribution in [3.63, 3.8) is 0 Å². The topological polar surface area (TPSA) is 38.1 Å². The minimum absolute atomic E-state index is 0.0140. The van der Waals surface area contributed by atoms with Gasteiger partial charge in [-0.3, -0.25) is 0 Å². The summed E-state index contributed by atoms with van der Waals surface area (Å²) >= 11 is 5.48. The molecule has 0 saturated carbocycles. The van der Waals surface area contributed by atoms with Crippen LogP contribution in [0.15, 0.2) is 22.7 Å². The zero-order valence-electron chi connectivity index (χ0n) is 9.64. The van der Waals surface area contributed by atoms with Crippen LogP contribution in [0.25, 0.3) is 11.3 Å². The van der Waals surface area contributed by atoms with Crippen LogP contribution in [0.5, 0.6) is 0 Å². The van der Waals surface area contributed by atoms with Gasteiger partial charge < -0.3 is 9.73 Å². The molecule has 0 atom stereocenters. The third-order valence-corrected chi connectivity index (χ3v) is 2.71. The lowest BCUT2D eigenvalue weighted by molar-refractivity contribution is 0.496. The SMILES string of the molecule is CNCCc1ncc(-c2cc(F)c(Cl)cc2F)o1. The number of halogens is 3. The van der Waals surface area contributed by atoms with Crippen LogP contribution in [0.3, 0.4) is 0 Å². The fourth-order valence-corrected chi connectivity index (χ4v) is 1.64. The highest BCUT2D eigenvalue weighted by Crippen LogP contribution is 2.28. The van der Waals surface area contributed by atoms with E-state index in [4.69, 9.17) is 16.0 Å². The van der Waals surface area contributed by atoms with E-state index in [9.17, 15) is 8.78 Å². The smallest absolute Gasteiger partial charge is 0.196 e. The minimum Gasteiger partial charge on any atom is -0.441 e. The number of oxazole rings is 1. The molecule has 0 amide bonds. The van der Waals surface area contributed by atoms with Crippen LogP contribution in [-0.2, 0) is 6.42 Å². The van der Waals surface area contributed by atoms with Crippen molar-refractivity contribution in [3.05, 3.63) is 40.9 Å². The highest BCUT2D eigenvalue weighted by Gasteiger charge is 2.14. The van der Waals surface area contributed by atoms with Crippen LogP contribution in [0.2, 0.25) is 5.02 Å². The van der Waals surface area contributed by atoms with Crippen LogP contribution in [0, 0.1) is 11.6 Å². The number of hydrogen-bond donors (Lipinski definition) is 1. The second kappa shape index (κ2) is 5.46. The first kappa shape index (κ1) is 13.0. The summed E-state index contributed by atoms with van der Waals surface area (Å²) in [5.41, 5.74) is 0.0140. The Kier molecular flexibility index (Phi) is 3.93. The first-order valence-electron chi connectivity index (χ1n) is 5.36. The number of nitrogens with zero attached hydrogens (tertiary/aromatic N) is 1. The number of rotatable bonds is 4. The predicted octanol–water partition coefficient (Wildman–Crippen LogP) is 3.04. The van der Waals surface area contributed by atoms with Crippen molar-refractivity contribution < 1.29 is 13.2 Å². The lowest BCUT2D eigenvalue weighted by Gasteiger charge is -2.01. The second-order valence-corrected chi connectivity index (χ2v) is 4.13. The van der Waals surface area contributed by atoms with Crippen molar-refractivity contribution in [1.82, 2.24) is 10.3 Å². The van der Waals surface area contributed by atoms with Gasteiger partial charge in [0, 0.05) is 13.0 Å². The van der Waals surface area contributed by atoms with Crippen molar-refractivity contribution in [3.8, 4) is 11.3 Å². The van der Waals surface area contributed by atoms with Crippen molar-refractivity contribution in [2.24, 2.45) is 0 Å². The third-order valence-electron chi connectivity index (χ3n) is 2.42. The van der Waals surface area contributed by atoms with Gasteiger partial charge in [-0.15, -0.1) is 0 Å². The molecule has 0 aliphatic carbocycles. The maximum Gasteiger partial charge on any atom is 0.196 e. The molecular formula is C12H11ClF2N2O. The average molecular weight is 273 g/mol. The summed E-state index contributed by atoms with van der Waals surface area (Å²) in [4.78, 5) is 3.99. The molecule has 18 heavy (non-hydrogen) atoms. The van der Waals surface area contributed by atoms with Gasteiger partial charge in [0.15, 0.2) is 11.7 Å². The van der Waals surface area contributed by atoms with Gasteiger partial charge in [0.1, 0.15) is 11.6 Å². The minimum atomic E-state index is -0.693. The normalized spacial score (nSPS) is 10.9. The maximum atomic E-state index is 13.6. The molecule has 2 aromatic rings. The van der Waals surface area contributed by atoms with Crippen LogP contribution in [-0.4, -0.2) is 18.6 Å². The van der Waals surface area contributed by atoms with Crippen LogP contribution < -0.4 is 5.32 Å². The van der Waals surface area contributed by atoms with Crippen molar-refractivity contribution >= 4 is 11.6 Å². The molecule has 0 saturated heterocycles. The molecule has 1 aromatic heterocycles. The highest BCUT2D eigenvalue weighted by atomic mass is 35.5. The summed E-state index contributed by atoms with van der Waals surface area (Å²) in [7, 11) is 1.80. The van der Waals surface area contributed by atoms with E-state index in [1.807, 2.05) is 0 Å². The molecule has 0 aliphatic heterocycles. The molecule has 0 aliphatic rings. The number of aromatic nitrogens is 1. The fraction of sp³-hybridized carbons (Fsp3) is 0.250. The van der Waals surface area contributed by atoms with E-state index in [0.717, 1.165) is 12.1 Å². The van der Waals surface area contributed by atoms with Gasteiger partial charge in [0.05, 0.1) is 16.8 Å². The predicted molar refractivity (Wildman–Crippen MR) is 64.5 cm³/mol. The van der Waals surface area contributed by atoms with E-state index in [1.165, 1.54) is 6.20 Å². The Morgan fingerprint density at radius 2 is 2.11 bits per heavy atom. The molecule has 0 radical (unpaired) electrons. The fourth-order valence-electron chi connectivity index (χ4n) is 1.49. The molecule has 3 nitrogen and oxygen atoms in total. The molecule has 6 heteroatoms. The molecule has 2 rings (SSSR count). The van der Waals surface area contributed by atoms with Gasteiger partial charge in [-0.05, 0) is 19.2 Å². The van der Waals surface area contributed by atoms with E-state index in [0.29, 0.717) is 18.9 Å². The molecule has 0 bridgehead atoms. The Bertz CT molecular complexity index is 557. The zero-order valence-corrected chi connectivity index (χ0v) is 10.4. The molecule has 0 fully saturated rings. The molecule has 96 valence electrons. The Hall–Kier alpha value is -1.46. The average Bonchev–Trinajstić information content (AvgIpc) is 2.79. The molecule has 0 unspecified atom stereocenters. The maximum absolute atomic E-state index is 13.6. The lowest BCUT2D eigenvalue weighted by atomic mass is 10.1. The Morgan fingerprint density at radius 3 is 2.83 bits per heavy atom. The van der Waals surface area contributed by atoms with Crippen molar-refractivity contribution in [2.45, 2.75) is 6.42 Å². The quantitative estimate of drug-likeness (QED) is 0.870. The number of benzene rings is 1. The zero-order chi connectivity index (χ0) is 13.1. The molecule has 1 N–H and O–H groups in total. The lowest BCUT2D eigenvalue weighted by Crippen LogP contribution is -2.10. The van der Waals surface area contributed by atoms with Crippen LogP contribution >= 0.6 is 11.6 Å². The van der Waals surface area contributed by atoms with Crippen molar-refractivity contribution in [2.75, 3.05) is 13.6 Å². The van der Waals surface area contributed by atoms with E-state index < -0.39 is 11.6 Å². The van der Waals surface area contributed by atoms with Gasteiger partial charge >= 0.3 is 0 Å². The Labute approximate surface area is 108 Å². The molecule has 0 spiro atoms. The number of likely N-dealkylation sites (N-methyl/N-ethyl adjacent to an activating group) is 1. The second-order valence-electron chi connectivity index (χ2n) is 3.72. The largest absolute Gasteiger partial charge is 0.441 e. The van der Waals surface area contributed by atoms with Gasteiger partial charge in [-0.25, -0.2) is 13.8 Å². The molecule has 1 aromatic carbocycles. The summed E-state index contributed by atoms with van der Waals surface area (Å²) in [6, 6.07) is 1.92. The van der Waals surface area contributed by atoms with Crippen LogP contribution in [0.1, 0.15) is 5.89 Å². The van der Waals surface area contributed by atoms with Gasteiger partial charge in [0.2, 0.25) is 0 Å². The van der Waals surface area contributed by atoms with Crippen molar-refractivity contribution in [1.29, 1.82) is 0 Å². The van der Waals surface area contributed by atoms with Crippen LogP contribution in [0.4, 0.5) is 8.78 Å². The molecular weight excluding hydrogens is 262 g/mol. The number of nitrogens with one attached hydrogen (secondary N) is 1. The molecule has 1 heterocycles. The summed E-state index contributed by atoms with van der Waals surface area (Å²) in [5, 5.41) is 2.68. The van der Waals surface area contributed by atoms with Gasteiger partial charge in [-0.2, -0.15) is 0 Å². The van der Waals surface area contributed by atoms with E-state index in [1.54, 1.807) is 7.05 Å². The summed E-state index contributed by atoms with van der Waals surface area (Å²) < 4.78 is 32.3. The monoisotopic (exact) mass is 272 g/mol. The summed E-state index contributed by atoms with van der Waals surface area (Å²) in [6.07, 6.45) is 1.95. The first-order valence-corrected chi connectivity index (χ1v) is 5.74. The third kappa shape index (κ3) is 2.68. The summed E-state index contributed by atoms with van der Waals surface area (Å²) in [6.45, 7) is 0.692. The van der Waals surface area contributed by atoms with E-state index >= 15 is 0 Å². The van der Waals surface area contributed by atoms with Gasteiger partial charge in [-0.1, -0.05) is 11.6 Å². The van der Waals surface area contributed by atoms with E-state index in [-0.39, 0.29) is 16.3 Å². The van der Waals surface area contributed by atoms with Gasteiger partial charge in [0.25, 0.3) is 0 Å². The number of hydrogen-bond acceptors (Lipinski definition) is 3. The summed E-state index contributed by atoms with van der Waals surface area (Å²) in [5.74, 6) is -0.678. The Balaban J connectivity index is 2.31. The first-order chi connectivity index (χ1) is 8.61.